The van der Waals surface area contributed by atoms with E-state index in [1.54, 1.807) is 30.3 Å². The SMILES string of the molecule is NC(=O)[C@@H](NC(=O)Oc1ccc(C2CC2)c(OCC2CC2)n1)c1ccc(Cl)cc1. The summed E-state index contributed by atoms with van der Waals surface area (Å²) >= 11 is 5.86. The van der Waals surface area contributed by atoms with Crippen molar-refractivity contribution in [1.29, 1.82) is 0 Å². The maximum absolute atomic E-state index is 12.3. The van der Waals surface area contributed by atoms with Crippen LogP contribution in [0.1, 0.15) is 48.8 Å². The van der Waals surface area contributed by atoms with E-state index in [0.29, 0.717) is 34.9 Å². The minimum absolute atomic E-state index is 0.108. The Balaban J connectivity index is 1.44. The van der Waals surface area contributed by atoms with Crippen LogP contribution in [0.4, 0.5) is 4.79 Å². The minimum Gasteiger partial charge on any atom is -0.477 e. The second kappa shape index (κ2) is 8.29. The van der Waals surface area contributed by atoms with Crippen molar-refractivity contribution in [3.8, 4) is 11.8 Å². The van der Waals surface area contributed by atoms with E-state index in [-0.39, 0.29) is 5.88 Å². The lowest BCUT2D eigenvalue weighted by Gasteiger charge is -2.16. The van der Waals surface area contributed by atoms with Crippen molar-refractivity contribution >= 4 is 23.6 Å². The number of nitrogens with zero attached hydrogens (tertiary/aromatic N) is 1. The first-order chi connectivity index (χ1) is 14.0. The number of carbonyl (C=O) groups excluding carboxylic acids is 2. The standard InChI is InChI=1S/C21H22ClN3O4/c22-15-7-5-14(6-8-15)18(19(23)26)25-21(27)29-17-10-9-16(13-3-4-13)20(24-17)28-11-12-1-2-12/h5-10,12-13,18H,1-4,11H2,(H2,23,26)(H,25,27)/t18-/m0/s1. The number of carbonyl (C=O) groups is 2. The van der Waals surface area contributed by atoms with Crippen molar-refractivity contribution in [2.75, 3.05) is 6.61 Å². The van der Waals surface area contributed by atoms with Crippen molar-refractivity contribution in [2.24, 2.45) is 11.7 Å². The minimum atomic E-state index is -1.05. The molecule has 2 aromatic rings. The molecule has 2 amide bonds. The Morgan fingerprint density at radius 2 is 1.86 bits per heavy atom. The van der Waals surface area contributed by atoms with E-state index >= 15 is 0 Å². The highest BCUT2D eigenvalue weighted by atomic mass is 35.5. The van der Waals surface area contributed by atoms with Crippen molar-refractivity contribution in [2.45, 2.75) is 37.6 Å². The summed E-state index contributed by atoms with van der Waals surface area (Å²) in [5.41, 5.74) is 6.98. The Morgan fingerprint density at radius 3 is 2.48 bits per heavy atom. The number of rotatable bonds is 8. The first-order valence-corrected chi connectivity index (χ1v) is 10.0. The molecule has 0 bridgehead atoms. The second-order valence-electron chi connectivity index (χ2n) is 7.49. The van der Waals surface area contributed by atoms with Gasteiger partial charge in [-0.15, -0.1) is 0 Å². The Morgan fingerprint density at radius 1 is 1.14 bits per heavy atom. The number of nitrogens with one attached hydrogen (secondary N) is 1. The predicted octanol–water partition coefficient (Wildman–Crippen LogP) is 3.72. The molecule has 2 aliphatic rings. The number of halogens is 1. The zero-order chi connectivity index (χ0) is 20.4. The van der Waals surface area contributed by atoms with Crippen LogP contribution < -0.4 is 20.5 Å². The third-order valence-electron chi connectivity index (χ3n) is 4.98. The fourth-order valence-electron chi connectivity index (χ4n) is 3.01. The quantitative estimate of drug-likeness (QED) is 0.683. The van der Waals surface area contributed by atoms with Gasteiger partial charge in [-0.2, -0.15) is 4.98 Å². The summed E-state index contributed by atoms with van der Waals surface area (Å²) in [4.78, 5) is 28.5. The van der Waals surface area contributed by atoms with Crippen molar-refractivity contribution < 1.29 is 19.1 Å². The number of benzene rings is 1. The van der Waals surface area contributed by atoms with Gasteiger partial charge in [0, 0.05) is 16.7 Å². The lowest BCUT2D eigenvalue weighted by Crippen LogP contribution is -2.39. The zero-order valence-corrected chi connectivity index (χ0v) is 16.5. The van der Waals surface area contributed by atoms with Gasteiger partial charge in [0.15, 0.2) is 0 Å². The fraction of sp³-hybridized carbons (Fsp3) is 0.381. The van der Waals surface area contributed by atoms with E-state index in [1.807, 2.05) is 6.07 Å². The number of amides is 2. The molecular weight excluding hydrogens is 394 g/mol. The molecule has 0 spiro atoms. The third kappa shape index (κ3) is 5.17. The molecule has 0 unspecified atom stereocenters. The number of ether oxygens (including phenoxy) is 2. The smallest absolute Gasteiger partial charge is 0.414 e. The average molecular weight is 416 g/mol. The molecule has 7 nitrogen and oxygen atoms in total. The Bertz CT molecular complexity index is 911. The van der Waals surface area contributed by atoms with Crippen LogP contribution in [0.25, 0.3) is 0 Å². The van der Waals surface area contributed by atoms with Gasteiger partial charge in [-0.05, 0) is 61.3 Å². The molecular formula is C21H22ClN3O4. The maximum atomic E-state index is 12.3. The number of aromatic nitrogens is 1. The van der Waals surface area contributed by atoms with Crippen LogP contribution >= 0.6 is 11.6 Å². The molecule has 0 radical (unpaired) electrons. The normalized spacial score (nSPS) is 16.7. The van der Waals surface area contributed by atoms with E-state index in [9.17, 15) is 9.59 Å². The van der Waals surface area contributed by atoms with Gasteiger partial charge < -0.3 is 20.5 Å². The summed E-state index contributed by atoms with van der Waals surface area (Å²) in [5.74, 6) is 0.969. The van der Waals surface area contributed by atoms with E-state index in [1.165, 1.54) is 12.8 Å². The number of primary amides is 1. The van der Waals surface area contributed by atoms with Crippen LogP contribution in [0.2, 0.25) is 5.02 Å². The molecule has 4 rings (SSSR count). The van der Waals surface area contributed by atoms with Crippen LogP contribution in [-0.4, -0.2) is 23.6 Å². The molecule has 152 valence electrons. The van der Waals surface area contributed by atoms with E-state index in [0.717, 1.165) is 18.4 Å². The first-order valence-electron chi connectivity index (χ1n) is 9.66. The van der Waals surface area contributed by atoms with Gasteiger partial charge in [-0.25, -0.2) is 4.79 Å². The van der Waals surface area contributed by atoms with Crippen LogP contribution in [0.5, 0.6) is 11.8 Å². The summed E-state index contributed by atoms with van der Waals surface area (Å²) in [7, 11) is 0. The Labute approximate surface area is 173 Å². The van der Waals surface area contributed by atoms with Crippen LogP contribution in [-0.2, 0) is 4.79 Å². The Hall–Kier alpha value is -2.80. The lowest BCUT2D eigenvalue weighted by molar-refractivity contribution is -0.120. The third-order valence-corrected chi connectivity index (χ3v) is 5.23. The highest BCUT2D eigenvalue weighted by Gasteiger charge is 2.30. The van der Waals surface area contributed by atoms with Crippen LogP contribution in [0.3, 0.4) is 0 Å². The molecule has 0 aliphatic heterocycles. The van der Waals surface area contributed by atoms with Crippen molar-refractivity contribution in [3.05, 3.63) is 52.5 Å². The summed E-state index contributed by atoms with van der Waals surface area (Å²) in [6, 6.07) is 8.94. The summed E-state index contributed by atoms with van der Waals surface area (Å²) in [6.45, 7) is 0.628. The number of pyridine rings is 1. The topological polar surface area (TPSA) is 104 Å². The zero-order valence-electron chi connectivity index (χ0n) is 15.8. The van der Waals surface area contributed by atoms with Gasteiger partial charge >= 0.3 is 6.09 Å². The molecule has 1 heterocycles. The predicted molar refractivity (Wildman–Crippen MR) is 107 cm³/mol. The van der Waals surface area contributed by atoms with Gasteiger partial charge in [0.1, 0.15) is 6.04 Å². The van der Waals surface area contributed by atoms with Crippen molar-refractivity contribution in [1.82, 2.24) is 10.3 Å². The van der Waals surface area contributed by atoms with Gasteiger partial charge in [-0.3, -0.25) is 4.79 Å². The second-order valence-corrected chi connectivity index (χ2v) is 7.93. The molecule has 29 heavy (non-hydrogen) atoms. The van der Waals surface area contributed by atoms with Gasteiger partial charge in [0.25, 0.3) is 0 Å². The lowest BCUT2D eigenvalue weighted by atomic mass is 10.1. The highest BCUT2D eigenvalue weighted by Crippen LogP contribution is 2.44. The highest BCUT2D eigenvalue weighted by molar-refractivity contribution is 6.30. The summed E-state index contributed by atoms with van der Waals surface area (Å²) in [5, 5.41) is 2.98. The summed E-state index contributed by atoms with van der Waals surface area (Å²) < 4.78 is 11.2. The fourth-order valence-corrected chi connectivity index (χ4v) is 3.14. The van der Waals surface area contributed by atoms with Crippen LogP contribution in [0.15, 0.2) is 36.4 Å². The number of hydrogen-bond acceptors (Lipinski definition) is 5. The van der Waals surface area contributed by atoms with E-state index < -0.39 is 18.0 Å². The molecule has 8 heteroatoms. The van der Waals surface area contributed by atoms with E-state index in [4.69, 9.17) is 26.8 Å². The monoisotopic (exact) mass is 415 g/mol. The van der Waals surface area contributed by atoms with Gasteiger partial charge in [-0.1, -0.05) is 23.7 Å². The first kappa shape index (κ1) is 19.5. The van der Waals surface area contributed by atoms with E-state index in [2.05, 4.69) is 10.3 Å². The van der Waals surface area contributed by atoms with Gasteiger partial charge in [0.2, 0.25) is 17.7 Å². The van der Waals surface area contributed by atoms with Crippen LogP contribution in [0, 0.1) is 5.92 Å². The maximum Gasteiger partial charge on any atom is 0.414 e. The van der Waals surface area contributed by atoms with Crippen molar-refractivity contribution in [3.63, 3.8) is 0 Å². The molecule has 0 saturated heterocycles. The molecule has 1 atom stereocenters. The molecule has 3 N–H and O–H groups in total. The molecule has 2 fully saturated rings. The van der Waals surface area contributed by atoms with Gasteiger partial charge in [0.05, 0.1) is 6.61 Å². The molecule has 2 aliphatic carbocycles. The molecule has 2 saturated carbocycles. The molecule has 1 aromatic heterocycles. The average Bonchev–Trinajstić information content (AvgIpc) is 3.59. The number of nitrogens with two attached hydrogens (primary N) is 1. The summed E-state index contributed by atoms with van der Waals surface area (Å²) in [6.07, 6.45) is 3.75. The molecule has 1 aromatic carbocycles. The largest absolute Gasteiger partial charge is 0.477 e. The Kier molecular flexibility index (Phi) is 5.58. The number of hydrogen-bond donors (Lipinski definition) is 2.